The molecule has 0 atom stereocenters. The number of hydrogen-bond acceptors (Lipinski definition) is 7. The highest BCUT2D eigenvalue weighted by Crippen LogP contribution is 2.21. The van der Waals surface area contributed by atoms with Crippen molar-refractivity contribution in [1.82, 2.24) is 3.71 Å². The van der Waals surface area contributed by atoms with Crippen LogP contribution in [-0.4, -0.2) is 58.6 Å². The van der Waals surface area contributed by atoms with E-state index < -0.39 is 37.7 Å². The minimum atomic E-state index is -4.09. The zero-order valence-electron chi connectivity index (χ0n) is 9.01. The Hall–Kier alpha value is -0.210. The number of nitrogens with zero attached hydrogens (tertiary/aromatic N) is 1. The van der Waals surface area contributed by atoms with Gasteiger partial charge in [0.2, 0.25) is 5.96 Å². The molecule has 0 fully saturated rings. The number of nitrogens with two attached hydrogens (primary N) is 1. The molecule has 0 aromatic carbocycles. The van der Waals surface area contributed by atoms with Crippen LogP contribution in [0.4, 0.5) is 0 Å². The summed E-state index contributed by atoms with van der Waals surface area (Å²) in [6.07, 6.45) is 0. The maximum atomic E-state index is 10.4. The smallest absolute Gasteiger partial charge is 0.265 e. The van der Waals surface area contributed by atoms with E-state index in [-0.39, 0.29) is 11.5 Å². The molecule has 9 nitrogen and oxygen atoms in total. The first-order chi connectivity index (χ1) is 8.01. The fraction of sp³-hybridized carbons (Fsp3) is 0.800. The topological polar surface area (TPSA) is 162 Å². The van der Waals surface area contributed by atoms with Crippen LogP contribution in [0.25, 0.3) is 0 Å². The molecule has 108 valence electrons. The van der Waals surface area contributed by atoms with Crippen LogP contribution in [0.1, 0.15) is 0 Å². The van der Waals surface area contributed by atoms with Gasteiger partial charge in [0.15, 0.2) is 0 Å². The standard InChI is InChI=1S/C5H13N3O6S4/c6-5(7)8(15-1-3-17(9,10)11)16-2-4-18(12,13)14/h1-4H2,(H3,6,7)(H,9,10,11)(H,12,13,14). The van der Waals surface area contributed by atoms with Crippen molar-refractivity contribution in [1.29, 1.82) is 5.41 Å². The molecule has 0 rings (SSSR count). The third-order valence-corrected chi connectivity index (χ3v) is 5.52. The molecule has 0 aliphatic heterocycles. The van der Waals surface area contributed by atoms with Gasteiger partial charge in [0.05, 0.1) is 11.5 Å². The summed E-state index contributed by atoms with van der Waals surface area (Å²) in [7, 11) is -8.19. The van der Waals surface area contributed by atoms with E-state index in [1.54, 1.807) is 0 Å². The molecule has 0 unspecified atom stereocenters. The van der Waals surface area contributed by atoms with Gasteiger partial charge in [-0.25, -0.2) is 3.71 Å². The van der Waals surface area contributed by atoms with Gasteiger partial charge in [0.1, 0.15) is 0 Å². The van der Waals surface area contributed by atoms with Crippen molar-refractivity contribution in [3.8, 4) is 0 Å². The first-order valence-electron chi connectivity index (χ1n) is 4.31. The number of guanidine groups is 1. The van der Waals surface area contributed by atoms with Crippen LogP contribution in [0.5, 0.6) is 0 Å². The highest BCUT2D eigenvalue weighted by Gasteiger charge is 2.13. The van der Waals surface area contributed by atoms with Gasteiger partial charge in [-0.05, 0) is 23.9 Å². The van der Waals surface area contributed by atoms with Gasteiger partial charge < -0.3 is 5.73 Å². The summed E-state index contributed by atoms with van der Waals surface area (Å²) >= 11 is 1.68. The normalized spacial score (nSPS) is 12.3. The van der Waals surface area contributed by atoms with Crippen LogP contribution >= 0.6 is 23.9 Å². The van der Waals surface area contributed by atoms with Gasteiger partial charge in [-0.15, -0.1) is 0 Å². The van der Waals surface area contributed by atoms with Crippen LogP contribution in [0.2, 0.25) is 0 Å². The van der Waals surface area contributed by atoms with E-state index >= 15 is 0 Å². The van der Waals surface area contributed by atoms with Crippen molar-refractivity contribution >= 4 is 50.1 Å². The fourth-order valence-electron chi connectivity index (χ4n) is 0.627. The van der Waals surface area contributed by atoms with E-state index in [9.17, 15) is 16.8 Å². The molecule has 0 aromatic heterocycles. The lowest BCUT2D eigenvalue weighted by Crippen LogP contribution is -2.27. The lowest BCUT2D eigenvalue weighted by atomic mass is 11.0. The molecule has 0 amide bonds. The monoisotopic (exact) mass is 339 g/mol. The Morgan fingerprint density at radius 3 is 1.61 bits per heavy atom. The molecule has 0 heterocycles. The first-order valence-corrected chi connectivity index (χ1v) is 9.42. The first kappa shape index (κ1) is 17.8. The summed E-state index contributed by atoms with van der Waals surface area (Å²) in [5.74, 6) is -1.52. The van der Waals surface area contributed by atoms with Crippen molar-refractivity contribution in [2.45, 2.75) is 0 Å². The van der Waals surface area contributed by atoms with E-state index in [1.165, 1.54) is 0 Å². The second kappa shape index (κ2) is 7.40. The molecule has 0 radical (unpaired) electrons. The van der Waals surface area contributed by atoms with E-state index in [4.69, 9.17) is 20.2 Å². The average Bonchev–Trinajstić information content (AvgIpc) is 2.11. The van der Waals surface area contributed by atoms with Crippen LogP contribution in [0.15, 0.2) is 0 Å². The number of rotatable bonds is 8. The highest BCUT2D eigenvalue weighted by molar-refractivity contribution is 8.13. The van der Waals surface area contributed by atoms with E-state index in [1.807, 2.05) is 0 Å². The summed E-state index contributed by atoms with van der Waals surface area (Å²) in [5, 5.41) is 7.16. The van der Waals surface area contributed by atoms with Crippen molar-refractivity contribution in [3.63, 3.8) is 0 Å². The van der Waals surface area contributed by atoms with Crippen molar-refractivity contribution in [2.24, 2.45) is 5.73 Å². The van der Waals surface area contributed by atoms with Crippen molar-refractivity contribution in [2.75, 3.05) is 23.0 Å². The van der Waals surface area contributed by atoms with Crippen molar-refractivity contribution < 1.29 is 25.9 Å². The van der Waals surface area contributed by atoms with Gasteiger partial charge in [-0.3, -0.25) is 14.5 Å². The molecule has 0 bridgehead atoms. The molecule has 0 saturated heterocycles. The number of hydrogen-bond donors (Lipinski definition) is 4. The molecule has 0 aliphatic carbocycles. The molecule has 0 saturated carbocycles. The van der Waals surface area contributed by atoms with Gasteiger partial charge in [-0.2, -0.15) is 16.8 Å². The summed E-state index contributed by atoms with van der Waals surface area (Å²) < 4.78 is 59.9. The Kier molecular flexibility index (Phi) is 7.31. The van der Waals surface area contributed by atoms with E-state index in [0.717, 1.165) is 27.6 Å². The van der Waals surface area contributed by atoms with Crippen LogP contribution in [0.3, 0.4) is 0 Å². The predicted molar refractivity (Wildman–Crippen MR) is 71.5 cm³/mol. The van der Waals surface area contributed by atoms with Gasteiger partial charge in [-0.1, -0.05) is 0 Å². The summed E-state index contributed by atoms with van der Waals surface area (Å²) in [6.45, 7) is 0. The third-order valence-electron chi connectivity index (χ3n) is 1.30. The highest BCUT2D eigenvalue weighted by atomic mass is 32.2. The summed E-state index contributed by atoms with van der Waals surface area (Å²) in [4.78, 5) is 0. The molecule has 0 aromatic rings. The Bertz CT molecular complexity index is 435. The zero-order chi connectivity index (χ0) is 14.4. The second-order valence-corrected chi connectivity index (χ2v) is 8.32. The van der Waals surface area contributed by atoms with Crippen molar-refractivity contribution in [3.05, 3.63) is 0 Å². The maximum absolute atomic E-state index is 10.4. The lowest BCUT2D eigenvalue weighted by molar-refractivity contribution is 0.483. The zero-order valence-corrected chi connectivity index (χ0v) is 12.3. The number of nitrogens with one attached hydrogen (secondary N) is 1. The Morgan fingerprint density at radius 1 is 1.06 bits per heavy atom. The maximum Gasteiger partial charge on any atom is 0.265 e. The minimum Gasteiger partial charge on any atom is -0.369 e. The van der Waals surface area contributed by atoms with E-state index in [2.05, 4.69) is 0 Å². The van der Waals surface area contributed by atoms with Crippen LogP contribution in [0, 0.1) is 5.41 Å². The summed E-state index contributed by atoms with van der Waals surface area (Å²) in [6, 6.07) is 0. The molecule has 18 heavy (non-hydrogen) atoms. The Labute approximate surface area is 114 Å². The van der Waals surface area contributed by atoms with Gasteiger partial charge >= 0.3 is 0 Å². The SMILES string of the molecule is N=C(N)N(SCCS(=O)(=O)O)SCCS(=O)(=O)O. The largest absolute Gasteiger partial charge is 0.369 e. The Balaban J connectivity index is 4.13. The van der Waals surface area contributed by atoms with Crippen LogP contribution in [-0.2, 0) is 20.2 Å². The van der Waals surface area contributed by atoms with Gasteiger partial charge in [0, 0.05) is 11.5 Å². The second-order valence-electron chi connectivity index (χ2n) is 2.88. The lowest BCUT2D eigenvalue weighted by Gasteiger charge is -2.18. The molecule has 0 aliphatic rings. The molecule has 5 N–H and O–H groups in total. The van der Waals surface area contributed by atoms with Gasteiger partial charge in [0.25, 0.3) is 20.2 Å². The molecule has 0 spiro atoms. The van der Waals surface area contributed by atoms with Crippen LogP contribution < -0.4 is 5.73 Å². The predicted octanol–water partition coefficient (Wildman–Crippen LogP) is -0.746. The van der Waals surface area contributed by atoms with E-state index in [0.29, 0.717) is 0 Å². The average molecular weight is 339 g/mol. The fourth-order valence-corrected chi connectivity index (χ4v) is 4.26. The molecular weight excluding hydrogens is 326 g/mol. The minimum absolute atomic E-state index is 0.0444. The Morgan fingerprint density at radius 2 is 1.39 bits per heavy atom. The quantitative estimate of drug-likeness (QED) is 0.191. The molecular formula is C5H13N3O6S4. The third kappa shape index (κ3) is 10.9. The summed E-state index contributed by atoms with van der Waals surface area (Å²) in [5.41, 5.74) is 5.18. The molecule has 13 heteroatoms.